The Labute approximate surface area is 170 Å². The largest absolute Gasteiger partial charge is 0.497 e. The molecule has 0 atom stereocenters. The average Bonchev–Trinajstić information content (AvgIpc) is 2.73. The van der Waals surface area contributed by atoms with Crippen molar-refractivity contribution in [2.45, 2.75) is 32.9 Å². The topological polar surface area (TPSA) is 79.2 Å². The van der Waals surface area contributed by atoms with Crippen molar-refractivity contribution in [2.75, 3.05) is 13.7 Å². The molecule has 2 N–H and O–H groups in total. The molecule has 0 unspecified atom stereocenters. The molecule has 152 valence electrons. The smallest absolute Gasteiger partial charge is 0.331 e. The molecule has 3 aromatic rings. The van der Waals surface area contributed by atoms with Gasteiger partial charge in [-0.15, -0.1) is 0 Å². The second-order valence-electron chi connectivity index (χ2n) is 7.15. The van der Waals surface area contributed by atoms with Crippen LogP contribution in [-0.4, -0.2) is 22.8 Å². The SMILES string of the molecule is COc1ccc(Cn2c(=O)cc(CCCN)n(Cc3ccc(C)cc3)c2=O)cc1. The summed E-state index contributed by atoms with van der Waals surface area (Å²) in [6.07, 6.45) is 1.31. The third kappa shape index (κ3) is 5.03. The first-order valence-electron chi connectivity index (χ1n) is 9.74. The first-order chi connectivity index (χ1) is 14.0. The zero-order valence-electron chi connectivity index (χ0n) is 16.9. The first-order valence-corrected chi connectivity index (χ1v) is 9.74. The van der Waals surface area contributed by atoms with Gasteiger partial charge in [0.2, 0.25) is 0 Å². The van der Waals surface area contributed by atoms with Crippen molar-refractivity contribution < 1.29 is 4.74 Å². The second-order valence-corrected chi connectivity index (χ2v) is 7.15. The molecule has 0 amide bonds. The molecule has 29 heavy (non-hydrogen) atoms. The lowest BCUT2D eigenvalue weighted by Crippen LogP contribution is -2.41. The Morgan fingerprint density at radius 3 is 2.07 bits per heavy atom. The van der Waals surface area contributed by atoms with Gasteiger partial charge in [-0.05, 0) is 49.6 Å². The minimum Gasteiger partial charge on any atom is -0.497 e. The summed E-state index contributed by atoms with van der Waals surface area (Å²) in [7, 11) is 1.60. The van der Waals surface area contributed by atoms with Crippen LogP contribution in [0.4, 0.5) is 0 Å². The molecule has 3 rings (SSSR count). The van der Waals surface area contributed by atoms with Crippen LogP contribution in [0.25, 0.3) is 0 Å². The highest BCUT2D eigenvalue weighted by molar-refractivity contribution is 5.27. The van der Waals surface area contributed by atoms with Crippen molar-refractivity contribution in [1.82, 2.24) is 9.13 Å². The molecule has 0 fully saturated rings. The van der Waals surface area contributed by atoms with Crippen LogP contribution in [0.2, 0.25) is 0 Å². The van der Waals surface area contributed by atoms with Crippen LogP contribution in [0.1, 0.15) is 28.8 Å². The van der Waals surface area contributed by atoms with Gasteiger partial charge in [-0.25, -0.2) is 4.79 Å². The molecule has 0 radical (unpaired) electrons. The summed E-state index contributed by atoms with van der Waals surface area (Å²) in [6, 6.07) is 17.0. The number of aryl methyl sites for hydroxylation is 2. The third-order valence-corrected chi connectivity index (χ3v) is 4.96. The van der Waals surface area contributed by atoms with E-state index >= 15 is 0 Å². The van der Waals surface area contributed by atoms with Gasteiger partial charge in [0, 0.05) is 11.8 Å². The van der Waals surface area contributed by atoms with Gasteiger partial charge in [-0.3, -0.25) is 13.9 Å². The highest BCUT2D eigenvalue weighted by atomic mass is 16.5. The zero-order valence-corrected chi connectivity index (χ0v) is 16.9. The molecular weight excluding hydrogens is 366 g/mol. The normalized spacial score (nSPS) is 10.9. The van der Waals surface area contributed by atoms with E-state index in [0.29, 0.717) is 19.5 Å². The average molecular weight is 393 g/mol. The molecule has 1 aromatic heterocycles. The van der Waals surface area contributed by atoms with Crippen molar-refractivity contribution in [3.8, 4) is 5.75 Å². The standard InChI is InChI=1S/C23H27N3O3/c1-17-5-7-18(8-6-17)15-25-20(4-3-13-24)14-22(27)26(23(25)28)16-19-9-11-21(29-2)12-10-19/h5-12,14H,3-4,13,15-16,24H2,1-2H3. The predicted molar refractivity (Wildman–Crippen MR) is 115 cm³/mol. The number of nitrogens with two attached hydrogens (primary N) is 1. The Bertz CT molecular complexity index is 1060. The lowest BCUT2D eigenvalue weighted by molar-refractivity contribution is 0.414. The highest BCUT2D eigenvalue weighted by Gasteiger charge is 2.12. The van der Waals surface area contributed by atoms with Crippen molar-refractivity contribution in [2.24, 2.45) is 5.73 Å². The van der Waals surface area contributed by atoms with E-state index in [9.17, 15) is 9.59 Å². The van der Waals surface area contributed by atoms with E-state index in [4.69, 9.17) is 10.5 Å². The van der Waals surface area contributed by atoms with Crippen LogP contribution in [0.5, 0.6) is 5.75 Å². The zero-order chi connectivity index (χ0) is 20.8. The van der Waals surface area contributed by atoms with E-state index in [1.165, 1.54) is 4.57 Å². The molecule has 0 aliphatic rings. The Hall–Kier alpha value is -3.12. The third-order valence-electron chi connectivity index (χ3n) is 4.96. The van der Waals surface area contributed by atoms with E-state index in [-0.39, 0.29) is 17.8 Å². The summed E-state index contributed by atoms with van der Waals surface area (Å²) < 4.78 is 8.13. The number of hydrogen-bond acceptors (Lipinski definition) is 4. The number of nitrogens with zero attached hydrogens (tertiary/aromatic N) is 2. The van der Waals surface area contributed by atoms with Gasteiger partial charge < -0.3 is 10.5 Å². The van der Waals surface area contributed by atoms with Crippen LogP contribution in [0, 0.1) is 6.92 Å². The van der Waals surface area contributed by atoms with Crippen molar-refractivity contribution >= 4 is 0 Å². The maximum atomic E-state index is 13.2. The summed E-state index contributed by atoms with van der Waals surface area (Å²) >= 11 is 0. The molecule has 2 aromatic carbocycles. The fraction of sp³-hybridized carbons (Fsp3) is 0.304. The van der Waals surface area contributed by atoms with Crippen LogP contribution < -0.4 is 21.7 Å². The number of benzene rings is 2. The molecular formula is C23H27N3O3. The summed E-state index contributed by atoms with van der Waals surface area (Å²) in [5, 5.41) is 0. The summed E-state index contributed by atoms with van der Waals surface area (Å²) in [5.41, 5.74) is 8.81. The minimum absolute atomic E-state index is 0.215. The van der Waals surface area contributed by atoms with Crippen LogP contribution in [0.3, 0.4) is 0 Å². The minimum atomic E-state index is -0.305. The Morgan fingerprint density at radius 1 is 0.897 bits per heavy atom. The number of hydrogen-bond donors (Lipinski definition) is 1. The molecule has 0 saturated carbocycles. The quantitative estimate of drug-likeness (QED) is 0.637. The summed E-state index contributed by atoms with van der Waals surface area (Å²) in [6.45, 7) is 3.17. The van der Waals surface area contributed by atoms with Crippen molar-refractivity contribution in [3.63, 3.8) is 0 Å². The maximum absolute atomic E-state index is 13.2. The summed E-state index contributed by atoms with van der Waals surface area (Å²) in [5.74, 6) is 0.731. The van der Waals surface area contributed by atoms with Gasteiger partial charge in [0.15, 0.2) is 0 Å². The summed E-state index contributed by atoms with van der Waals surface area (Å²) in [4.78, 5) is 25.9. The molecule has 0 aliphatic heterocycles. The van der Waals surface area contributed by atoms with Gasteiger partial charge in [-0.1, -0.05) is 42.0 Å². The lowest BCUT2D eigenvalue weighted by atomic mass is 10.1. The second kappa shape index (κ2) is 9.39. The highest BCUT2D eigenvalue weighted by Crippen LogP contribution is 2.12. The number of ether oxygens (including phenoxy) is 1. The number of rotatable bonds is 8. The lowest BCUT2D eigenvalue weighted by Gasteiger charge is -2.16. The van der Waals surface area contributed by atoms with Gasteiger partial charge in [0.25, 0.3) is 5.56 Å². The number of aromatic nitrogens is 2. The molecule has 0 spiro atoms. The van der Waals surface area contributed by atoms with Crippen LogP contribution in [-0.2, 0) is 19.5 Å². The monoisotopic (exact) mass is 393 g/mol. The fourth-order valence-corrected chi connectivity index (χ4v) is 3.26. The van der Waals surface area contributed by atoms with Gasteiger partial charge in [-0.2, -0.15) is 0 Å². The molecule has 6 nitrogen and oxygen atoms in total. The van der Waals surface area contributed by atoms with Crippen molar-refractivity contribution in [3.05, 3.63) is 97.8 Å². The van der Waals surface area contributed by atoms with Crippen LogP contribution in [0.15, 0.2) is 64.2 Å². The van der Waals surface area contributed by atoms with E-state index in [0.717, 1.165) is 34.6 Å². The van der Waals surface area contributed by atoms with Gasteiger partial charge >= 0.3 is 5.69 Å². The van der Waals surface area contributed by atoms with Gasteiger partial charge in [0.1, 0.15) is 5.75 Å². The molecule has 0 aliphatic carbocycles. The maximum Gasteiger partial charge on any atom is 0.331 e. The van der Waals surface area contributed by atoms with E-state index < -0.39 is 0 Å². The van der Waals surface area contributed by atoms with E-state index in [1.807, 2.05) is 55.5 Å². The molecule has 1 heterocycles. The van der Waals surface area contributed by atoms with Crippen molar-refractivity contribution in [1.29, 1.82) is 0 Å². The fourth-order valence-electron chi connectivity index (χ4n) is 3.26. The molecule has 0 saturated heterocycles. The van der Waals surface area contributed by atoms with Gasteiger partial charge in [0.05, 0.1) is 20.2 Å². The predicted octanol–water partition coefficient (Wildman–Crippen LogP) is 2.31. The Kier molecular flexibility index (Phi) is 6.67. The Morgan fingerprint density at radius 2 is 1.48 bits per heavy atom. The molecule has 0 bridgehead atoms. The van der Waals surface area contributed by atoms with E-state index in [1.54, 1.807) is 17.7 Å². The Balaban J connectivity index is 2.01. The van der Waals surface area contributed by atoms with Crippen LogP contribution >= 0.6 is 0 Å². The first kappa shape index (κ1) is 20.6. The van der Waals surface area contributed by atoms with E-state index in [2.05, 4.69) is 0 Å². The number of methoxy groups -OCH3 is 1. The molecule has 6 heteroatoms.